The number of fused-ring (bicyclic) bond motifs is 9. The van der Waals surface area contributed by atoms with Crippen LogP contribution in [0.2, 0.25) is 0 Å². The Hall–Kier alpha value is -7.88. The van der Waals surface area contributed by atoms with Crippen molar-refractivity contribution in [1.82, 2.24) is 4.57 Å². The van der Waals surface area contributed by atoms with Crippen molar-refractivity contribution >= 4 is 82.4 Å². The molecule has 59 heavy (non-hydrogen) atoms. The molecule has 0 saturated carbocycles. The summed E-state index contributed by atoms with van der Waals surface area (Å²) in [6.45, 7) is 0. The molecule has 3 heteroatoms. The van der Waals surface area contributed by atoms with E-state index < -0.39 is 0 Å². The first-order valence-electron chi connectivity index (χ1n) is 20.2. The summed E-state index contributed by atoms with van der Waals surface area (Å²) in [4.78, 5) is 2.38. The molecule has 0 amide bonds. The van der Waals surface area contributed by atoms with E-state index >= 15 is 0 Å². The van der Waals surface area contributed by atoms with Gasteiger partial charge in [-0.3, -0.25) is 0 Å². The predicted octanol–water partition coefficient (Wildman–Crippen LogP) is 15.8. The zero-order chi connectivity index (χ0) is 38.9. The number of furan rings is 1. The van der Waals surface area contributed by atoms with E-state index in [2.05, 4.69) is 228 Å². The first-order valence-corrected chi connectivity index (χ1v) is 20.2. The van der Waals surface area contributed by atoms with Crippen LogP contribution in [-0.2, 0) is 0 Å². The Bertz CT molecular complexity index is 3520. The molecule has 0 fully saturated rings. The van der Waals surface area contributed by atoms with Crippen molar-refractivity contribution in [2.45, 2.75) is 0 Å². The summed E-state index contributed by atoms with van der Waals surface area (Å²) < 4.78 is 8.95. The zero-order valence-electron chi connectivity index (χ0n) is 32.1. The second kappa shape index (κ2) is 13.4. The van der Waals surface area contributed by atoms with Crippen molar-refractivity contribution < 1.29 is 4.42 Å². The van der Waals surface area contributed by atoms with Crippen molar-refractivity contribution in [3.05, 3.63) is 218 Å². The lowest BCUT2D eigenvalue weighted by Crippen LogP contribution is -2.10. The third-order valence-electron chi connectivity index (χ3n) is 11.9. The van der Waals surface area contributed by atoms with Crippen molar-refractivity contribution in [3.8, 4) is 27.9 Å². The lowest BCUT2D eigenvalue weighted by Gasteiger charge is -2.27. The molecule has 0 bridgehead atoms. The predicted molar refractivity (Wildman–Crippen MR) is 249 cm³/mol. The van der Waals surface area contributed by atoms with E-state index in [0.29, 0.717) is 0 Å². The molecule has 0 spiro atoms. The highest BCUT2D eigenvalue weighted by atomic mass is 16.3. The van der Waals surface area contributed by atoms with E-state index in [1.807, 2.05) is 0 Å². The minimum Gasteiger partial charge on any atom is -0.455 e. The van der Waals surface area contributed by atoms with E-state index in [0.717, 1.165) is 61.2 Å². The van der Waals surface area contributed by atoms with Gasteiger partial charge in [0.1, 0.15) is 11.2 Å². The lowest BCUT2D eigenvalue weighted by atomic mass is 9.97. The standard InChI is InChI=1S/C56H36N2O/c1-2-14-40-34-42(27-26-37(40)12-1)41-15-9-16-44(35-41)57(45-17-10-18-46(36-45)58-52-23-7-5-20-49(52)50-21-6-8-24-53(50)58)43-31-28-39(29-32-43)47-22-11-25-54-55(47)51-33-30-38-13-3-4-19-48(38)56(51)59-54/h1-36H. The van der Waals surface area contributed by atoms with Gasteiger partial charge in [-0.25, -0.2) is 0 Å². The number of nitrogens with zero attached hydrogens (tertiary/aromatic N) is 2. The monoisotopic (exact) mass is 752 g/mol. The molecule has 0 N–H and O–H groups in total. The molecule has 0 aliphatic rings. The molecule has 0 aliphatic carbocycles. The van der Waals surface area contributed by atoms with Crippen LogP contribution >= 0.6 is 0 Å². The van der Waals surface area contributed by atoms with Gasteiger partial charge in [-0.1, -0.05) is 146 Å². The van der Waals surface area contributed by atoms with Gasteiger partial charge in [-0.2, -0.15) is 0 Å². The Labute approximate surface area is 341 Å². The molecule has 12 aromatic rings. The quantitative estimate of drug-likeness (QED) is 0.169. The van der Waals surface area contributed by atoms with Gasteiger partial charge in [-0.15, -0.1) is 0 Å². The van der Waals surface area contributed by atoms with Crippen molar-refractivity contribution in [1.29, 1.82) is 0 Å². The topological polar surface area (TPSA) is 21.3 Å². The molecule has 3 nitrogen and oxygen atoms in total. The highest BCUT2D eigenvalue weighted by Gasteiger charge is 2.19. The zero-order valence-corrected chi connectivity index (χ0v) is 32.1. The van der Waals surface area contributed by atoms with Crippen LogP contribution in [0.15, 0.2) is 223 Å². The Kier molecular flexibility index (Phi) is 7.54. The number of benzene rings is 10. The maximum Gasteiger partial charge on any atom is 0.143 e. The Balaban J connectivity index is 1.02. The maximum absolute atomic E-state index is 6.56. The average molecular weight is 753 g/mol. The highest BCUT2D eigenvalue weighted by Crippen LogP contribution is 2.43. The molecule has 0 radical (unpaired) electrons. The third kappa shape index (κ3) is 5.44. The van der Waals surface area contributed by atoms with Gasteiger partial charge in [0.05, 0.1) is 11.0 Å². The van der Waals surface area contributed by atoms with Gasteiger partial charge in [0.15, 0.2) is 0 Å². The summed E-state index contributed by atoms with van der Waals surface area (Å²) in [7, 11) is 0. The van der Waals surface area contributed by atoms with E-state index in [-0.39, 0.29) is 0 Å². The molecule has 10 aromatic carbocycles. The van der Waals surface area contributed by atoms with Gasteiger partial charge in [-0.05, 0) is 111 Å². The number of rotatable bonds is 6. The van der Waals surface area contributed by atoms with Gasteiger partial charge in [0, 0.05) is 49.7 Å². The molecule has 0 aliphatic heterocycles. The van der Waals surface area contributed by atoms with Crippen molar-refractivity contribution in [3.63, 3.8) is 0 Å². The molecule has 12 rings (SSSR count). The van der Waals surface area contributed by atoms with Gasteiger partial charge in [0.2, 0.25) is 0 Å². The second-order valence-corrected chi connectivity index (χ2v) is 15.3. The van der Waals surface area contributed by atoms with Gasteiger partial charge < -0.3 is 13.9 Å². The summed E-state index contributed by atoms with van der Waals surface area (Å²) in [6, 6.07) is 78.8. The molecule has 276 valence electrons. The lowest BCUT2D eigenvalue weighted by molar-refractivity contribution is 0.673. The third-order valence-corrected chi connectivity index (χ3v) is 11.9. The van der Waals surface area contributed by atoms with Crippen LogP contribution in [0.3, 0.4) is 0 Å². The first-order chi connectivity index (χ1) is 29.2. The normalized spacial score (nSPS) is 11.7. The number of hydrogen-bond acceptors (Lipinski definition) is 2. The molecule has 0 atom stereocenters. The first kappa shape index (κ1) is 33.3. The number of aromatic nitrogens is 1. The van der Waals surface area contributed by atoms with E-state index in [4.69, 9.17) is 4.42 Å². The summed E-state index contributed by atoms with van der Waals surface area (Å²) in [5.41, 5.74) is 13.2. The molecule has 2 heterocycles. The average Bonchev–Trinajstić information content (AvgIpc) is 3.86. The number of para-hydroxylation sites is 2. The molecular weight excluding hydrogens is 717 g/mol. The molecule has 2 aromatic heterocycles. The fourth-order valence-corrected chi connectivity index (χ4v) is 9.20. The summed E-state index contributed by atoms with van der Waals surface area (Å²) in [5, 5.41) is 9.55. The van der Waals surface area contributed by atoms with Gasteiger partial charge >= 0.3 is 0 Å². The Morgan fingerprint density at radius 1 is 0.356 bits per heavy atom. The van der Waals surface area contributed by atoms with Crippen molar-refractivity contribution in [2.75, 3.05) is 4.90 Å². The number of anilines is 3. The summed E-state index contributed by atoms with van der Waals surface area (Å²) in [5.74, 6) is 0. The van der Waals surface area contributed by atoms with E-state index in [1.54, 1.807) is 0 Å². The largest absolute Gasteiger partial charge is 0.455 e. The van der Waals surface area contributed by atoms with Crippen LogP contribution in [0.5, 0.6) is 0 Å². The minimum atomic E-state index is 0.895. The Morgan fingerprint density at radius 3 is 1.76 bits per heavy atom. The summed E-state index contributed by atoms with van der Waals surface area (Å²) >= 11 is 0. The fourth-order valence-electron chi connectivity index (χ4n) is 9.20. The smallest absolute Gasteiger partial charge is 0.143 e. The summed E-state index contributed by atoms with van der Waals surface area (Å²) in [6.07, 6.45) is 0. The van der Waals surface area contributed by atoms with Crippen LogP contribution in [0, 0.1) is 0 Å². The van der Waals surface area contributed by atoms with Crippen molar-refractivity contribution in [2.24, 2.45) is 0 Å². The van der Waals surface area contributed by atoms with Crippen LogP contribution in [0.1, 0.15) is 0 Å². The van der Waals surface area contributed by atoms with Crippen LogP contribution in [0.25, 0.3) is 93.2 Å². The van der Waals surface area contributed by atoms with Crippen LogP contribution < -0.4 is 4.90 Å². The van der Waals surface area contributed by atoms with E-state index in [1.165, 1.54) is 49.1 Å². The molecule has 0 saturated heterocycles. The SMILES string of the molecule is c1cc(-c2ccc3ccccc3c2)cc(N(c2ccc(-c3cccc4oc5c6ccccc6ccc5c34)cc2)c2cccc(-n3c4ccccc4c4ccccc43)c2)c1. The van der Waals surface area contributed by atoms with Gasteiger partial charge in [0.25, 0.3) is 0 Å². The van der Waals surface area contributed by atoms with Crippen LogP contribution in [0.4, 0.5) is 17.1 Å². The van der Waals surface area contributed by atoms with E-state index in [9.17, 15) is 0 Å². The Morgan fingerprint density at radius 2 is 0.966 bits per heavy atom. The second-order valence-electron chi connectivity index (χ2n) is 15.3. The fraction of sp³-hybridized carbons (Fsp3) is 0. The number of hydrogen-bond donors (Lipinski definition) is 0. The minimum absolute atomic E-state index is 0.895. The van der Waals surface area contributed by atoms with Crippen LogP contribution in [-0.4, -0.2) is 4.57 Å². The molecule has 0 unspecified atom stereocenters. The maximum atomic E-state index is 6.56. The highest BCUT2D eigenvalue weighted by molar-refractivity contribution is 6.19. The molecular formula is C56H36N2O.